The molecule has 2 aliphatic heterocycles. The minimum absolute atomic E-state index is 0.0218. The topological polar surface area (TPSA) is 92.9 Å². The minimum atomic E-state index is -0.318. The van der Waals surface area contributed by atoms with Crippen LogP contribution in [0.25, 0.3) is 0 Å². The molecule has 0 saturated carbocycles. The highest BCUT2D eigenvalue weighted by molar-refractivity contribution is 6.35. The quantitative estimate of drug-likeness (QED) is 0.522. The highest BCUT2D eigenvalue weighted by atomic mass is 35.5. The van der Waals surface area contributed by atoms with E-state index in [4.69, 9.17) is 37.4 Å². The molecule has 0 fully saturated rings. The van der Waals surface area contributed by atoms with Gasteiger partial charge in [0.15, 0.2) is 11.5 Å². The van der Waals surface area contributed by atoms with Crippen LogP contribution in [-0.4, -0.2) is 62.9 Å². The van der Waals surface area contributed by atoms with Crippen molar-refractivity contribution in [1.82, 2.24) is 0 Å². The minimum Gasteiger partial charge on any atom is -0.504 e. The SMILES string of the molecule is Oc1c(Cl)c2c(O)c(Cl)c1=NCCOCCOCCOCCN=2. The molecule has 0 unspecified atom stereocenters. The summed E-state index contributed by atoms with van der Waals surface area (Å²) >= 11 is 12.1. The lowest BCUT2D eigenvalue weighted by Crippen LogP contribution is -2.17. The van der Waals surface area contributed by atoms with Crippen molar-refractivity contribution in [2.45, 2.75) is 0 Å². The fourth-order valence-corrected chi connectivity index (χ4v) is 2.39. The van der Waals surface area contributed by atoms with E-state index in [0.29, 0.717) is 39.6 Å². The summed E-state index contributed by atoms with van der Waals surface area (Å²) in [6.07, 6.45) is 0. The van der Waals surface area contributed by atoms with Crippen molar-refractivity contribution >= 4 is 23.2 Å². The van der Waals surface area contributed by atoms with E-state index in [2.05, 4.69) is 9.98 Å². The first-order chi connectivity index (χ1) is 11.1. The Labute approximate surface area is 143 Å². The van der Waals surface area contributed by atoms with Gasteiger partial charge in [-0.1, -0.05) is 23.2 Å². The Morgan fingerprint density at radius 2 is 1.00 bits per heavy atom. The molecule has 9 heteroatoms. The first kappa shape index (κ1) is 18.2. The molecule has 0 atom stereocenters. The third-order valence-corrected chi connectivity index (χ3v) is 3.75. The Kier molecular flexibility index (Phi) is 7.32. The van der Waals surface area contributed by atoms with Crippen LogP contribution in [0.15, 0.2) is 9.98 Å². The largest absolute Gasteiger partial charge is 0.504 e. The second-order valence-corrected chi connectivity index (χ2v) is 5.38. The van der Waals surface area contributed by atoms with E-state index >= 15 is 0 Å². The molecule has 1 aromatic rings. The van der Waals surface area contributed by atoms with Gasteiger partial charge in [-0.05, 0) is 0 Å². The fourth-order valence-electron chi connectivity index (χ4n) is 1.91. The normalized spacial score (nSPS) is 18.0. The molecule has 2 N–H and O–H groups in total. The van der Waals surface area contributed by atoms with Crippen molar-refractivity contribution in [1.29, 1.82) is 0 Å². The molecule has 0 aliphatic carbocycles. The van der Waals surface area contributed by atoms with Crippen LogP contribution in [0.3, 0.4) is 0 Å². The molecule has 0 radical (unpaired) electrons. The number of phenols is 2. The van der Waals surface area contributed by atoms with E-state index in [1.54, 1.807) is 0 Å². The number of ether oxygens (including phenoxy) is 3. The second-order valence-electron chi connectivity index (χ2n) is 4.62. The highest BCUT2D eigenvalue weighted by Crippen LogP contribution is 2.24. The van der Waals surface area contributed by atoms with E-state index in [9.17, 15) is 10.2 Å². The number of benzene rings is 1. The number of nitrogens with zero attached hydrogens (tertiary/aromatic N) is 2. The molecule has 0 spiro atoms. The summed E-state index contributed by atoms with van der Waals surface area (Å²) in [7, 11) is 0. The van der Waals surface area contributed by atoms with Gasteiger partial charge < -0.3 is 24.4 Å². The molecule has 2 aliphatic rings. The zero-order valence-electron chi connectivity index (χ0n) is 12.4. The predicted octanol–water partition coefficient (Wildman–Crippen LogP) is 0.707. The number of aromatic hydroxyl groups is 2. The van der Waals surface area contributed by atoms with Gasteiger partial charge in [0.05, 0.1) is 52.7 Å². The molecular weight excluding hydrogens is 347 g/mol. The van der Waals surface area contributed by atoms with Crippen molar-refractivity contribution < 1.29 is 24.4 Å². The predicted molar refractivity (Wildman–Crippen MR) is 84.3 cm³/mol. The molecule has 1 aromatic carbocycles. The monoisotopic (exact) mass is 364 g/mol. The van der Waals surface area contributed by atoms with Gasteiger partial charge in [0.1, 0.15) is 20.8 Å². The summed E-state index contributed by atoms with van der Waals surface area (Å²) < 4.78 is 16.0. The summed E-state index contributed by atoms with van der Waals surface area (Å²) in [4.78, 5) is 8.24. The van der Waals surface area contributed by atoms with Crippen LogP contribution in [0.5, 0.6) is 11.5 Å². The molecule has 2 heterocycles. The lowest BCUT2D eigenvalue weighted by Gasteiger charge is -2.05. The van der Waals surface area contributed by atoms with Gasteiger partial charge >= 0.3 is 0 Å². The lowest BCUT2D eigenvalue weighted by atomic mass is 10.2. The Morgan fingerprint density at radius 3 is 1.39 bits per heavy atom. The van der Waals surface area contributed by atoms with Crippen LogP contribution < -0.4 is 10.7 Å². The van der Waals surface area contributed by atoms with Gasteiger partial charge in [-0.3, -0.25) is 9.98 Å². The van der Waals surface area contributed by atoms with Gasteiger partial charge in [-0.2, -0.15) is 0 Å². The zero-order valence-corrected chi connectivity index (χ0v) is 13.9. The van der Waals surface area contributed by atoms with E-state index in [0.717, 1.165) is 0 Å². The molecule has 0 saturated heterocycles. The van der Waals surface area contributed by atoms with Crippen LogP contribution in [0.2, 0.25) is 10.0 Å². The summed E-state index contributed by atoms with van der Waals surface area (Å²) in [5, 5.41) is 20.1. The molecule has 0 amide bonds. The maximum Gasteiger partial charge on any atom is 0.163 e. The van der Waals surface area contributed by atoms with E-state index in [1.165, 1.54) is 0 Å². The number of halogens is 2. The smallest absolute Gasteiger partial charge is 0.163 e. The van der Waals surface area contributed by atoms with Crippen molar-refractivity contribution in [3.8, 4) is 11.5 Å². The van der Waals surface area contributed by atoms with Gasteiger partial charge in [0, 0.05) is 0 Å². The number of fused-ring (bicyclic) bond motifs is 14. The fraction of sp³-hybridized carbons (Fsp3) is 0.571. The van der Waals surface area contributed by atoms with Crippen LogP contribution in [0.4, 0.5) is 0 Å². The Hall–Kier alpha value is -1.12. The summed E-state index contributed by atoms with van der Waals surface area (Å²) in [5.74, 6) is -0.636. The summed E-state index contributed by atoms with van der Waals surface area (Å²) in [6.45, 7) is 2.91. The first-order valence-corrected chi connectivity index (χ1v) is 7.89. The Morgan fingerprint density at radius 1 is 0.652 bits per heavy atom. The Balaban J connectivity index is 2.35. The molecule has 0 aromatic heterocycles. The molecular formula is C14H18Cl2N2O5. The van der Waals surface area contributed by atoms with Crippen molar-refractivity contribution in [3.63, 3.8) is 0 Å². The average molecular weight is 365 g/mol. The zero-order chi connectivity index (χ0) is 16.7. The molecule has 7 nitrogen and oxygen atoms in total. The number of hydrogen-bond acceptors (Lipinski definition) is 7. The standard InChI is InChI=1S/C14H18Cl2N2O5/c15-9-11-13(19)10(16)12(14(9)20)18-2-4-22-6-8-23-7-5-21-3-1-17-11/h19-20H,1-8H2. The van der Waals surface area contributed by atoms with E-state index in [1.807, 2.05) is 0 Å². The summed E-state index contributed by atoms with van der Waals surface area (Å²) in [5.41, 5.74) is 0. The van der Waals surface area contributed by atoms with E-state index in [-0.39, 0.29) is 45.3 Å². The molecule has 128 valence electrons. The van der Waals surface area contributed by atoms with Crippen molar-refractivity contribution in [3.05, 3.63) is 20.8 Å². The van der Waals surface area contributed by atoms with E-state index < -0.39 is 0 Å². The maximum absolute atomic E-state index is 10.1. The number of rotatable bonds is 0. The molecule has 23 heavy (non-hydrogen) atoms. The first-order valence-electron chi connectivity index (χ1n) is 7.14. The van der Waals surface area contributed by atoms with Gasteiger partial charge in [-0.15, -0.1) is 0 Å². The highest BCUT2D eigenvalue weighted by Gasteiger charge is 2.15. The van der Waals surface area contributed by atoms with Gasteiger partial charge in [0.2, 0.25) is 0 Å². The second kappa shape index (κ2) is 9.24. The van der Waals surface area contributed by atoms with Crippen molar-refractivity contribution in [2.24, 2.45) is 9.98 Å². The lowest BCUT2D eigenvalue weighted by molar-refractivity contribution is 0.0174. The van der Waals surface area contributed by atoms with Gasteiger partial charge in [-0.25, -0.2) is 0 Å². The van der Waals surface area contributed by atoms with Gasteiger partial charge in [0.25, 0.3) is 0 Å². The Bertz CT molecular complexity index is 564. The van der Waals surface area contributed by atoms with Crippen LogP contribution in [0.1, 0.15) is 0 Å². The third kappa shape index (κ3) is 4.92. The molecule has 2 bridgehead atoms. The van der Waals surface area contributed by atoms with Crippen LogP contribution in [0, 0.1) is 0 Å². The number of hydrogen-bond donors (Lipinski definition) is 2. The summed E-state index contributed by atoms with van der Waals surface area (Å²) in [6, 6.07) is 0. The van der Waals surface area contributed by atoms with Crippen molar-refractivity contribution in [2.75, 3.05) is 52.7 Å². The molecule has 3 rings (SSSR count). The van der Waals surface area contributed by atoms with Crippen LogP contribution in [-0.2, 0) is 14.2 Å². The average Bonchev–Trinajstić information content (AvgIpc) is 2.55. The third-order valence-electron chi connectivity index (χ3n) is 3.04. The maximum atomic E-state index is 10.1. The number of phenolic OH excluding ortho intramolecular Hbond substituents is 2. The van der Waals surface area contributed by atoms with Crippen LogP contribution >= 0.6 is 23.2 Å².